The van der Waals surface area contributed by atoms with Crippen molar-refractivity contribution in [1.82, 2.24) is 4.57 Å². The van der Waals surface area contributed by atoms with E-state index in [1.807, 2.05) is 55.5 Å². The molecule has 0 bridgehead atoms. The summed E-state index contributed by atoms with van der Waals surface area (Å²) in [5.74, 6) is -0.754. The van der Waals surface area contributed by atoms with Gasteiger partial charge in [-0.1, -0.05) is 71.5 Å². The van der Waals surface area contributed by atoms with Crippen LogP contribution in [-0.4, -0.2) is 10.5 Å². The molecule has 1 aromatic heterocycles. The second-order valence-electron chi connectivity index (χ2n) is 8.36. The molecule has 5 nitrogen and oxygen atoms in total. The van der Waals surface area contributed by atoms with Crippen LogP contribution < -0.4 is 20.2 Å². The highest BCUT2D eigenvalue weighted by Crippen LogP contribution is 2.30. The van der Waals surface area contributed by atoms with Crippen molar-refractivity contribution in [2.24, 2.45) is 4.99 Å². The van der Waals surface area contributed by atoms with E-state index in [9.17, 15) is 14.0 Å². The highest BCUT2D eigenvalue weighted by atomic mass is 32.1. The van der Waals surface area contributed by atoms with Crippen LogP contribution in [0.15, 0.2) is 99.9 Å². The Labute approximate surface area is 205 Å². The zero-order chi connectivity index (χ0) is 24.5. The number of carbonyl (C=O) groups is 1. The van der Waals surface area contributed by atoms with E-state index in [0.29, 0.717) is 31.9 Å². The maximum absolute atomic E-state index is 13.7. The summed E-state index contributed by atoms with van der Waals surface area (Å²) in [7, 11) is 0. The summed E-state index contributed by atoms with van der Waals surface area (Å²) in [4.78, 5) is 32.2. The number of carbonyl (C=O) groups excluding carboxylic acids is 1. The van der Waals surface area contributed by atoms with Gasteiger partial charge in [-0.15, -0.1) is 0 Å². The summed E-state index contributed by atoms with van der Waals surface area (Å²) in [6, 6.07) is 22.1. The molecule has 1 atom stereocenters. The lowest BCUT2D eigenvalue weighted by atomic mass is 9.95. The molecular formula is C28H22FN3O2S. The normalized spacial score (nSPS) is 15.5. The second-order valence-corrected chi connectivity index (χ2v) is 9.37. The fourth-order valence-electron chi connectivity index (χ4n) is 4.11. The van der Waals surface area contributed by atoms with Crippen LogP contribution in [0.2, 0.25) is 0 Å². The van der Waals surface area contributed by atoms with Gasteiger partial charge in [-0.05, 0) is 55.3 Å². The first kappa shape index (κ1) is 22.7. The minimum atomic E-state index is -0.740. The van der Waals surface area contributed by atoms with Crippen molar-refractivity contribution in [3.63, 3.8) is 0 Å². The SMILES string of the molecule is CC1=C(C(=O)Nc2ccccc2)[C@@H](c2ccc(F)cc2)n2c(s/c(=C/c3ccc(C)cc3)c2=O)=N1. The molecule has 1 N–H and O–H groups in total. The van der Waals surface area contributed by atoms with Gasteiger partial charge >= 0.3 is 0 Å². The third-order valence-corrected chi connectivity index (χ3v) is 6.84. The molecule has 1 aliphatic rings. The highest BCUT2D eigenvalue weighted by Gasteiger charge is 2.32. The van der Waals surface area contributed by atoms with E-state index >= 15 is 0 Å². The van der Waals surface area contributed by atoms with Gasteiger partial charge in [-0.3, -0.25) is 14.2 Å². The van der Waals surface area contributed by atoms with Crippen molar-refractivity contribution in [1.29, 1.82) is 0 Å². The molecule has 7 heteroatoms. The summed E-state index contributed by atoms with van der Waals surface area (Å²) in [5.41, 5.74) is 3.89. The molecule has 1 amide bonds. The summed E-state index contributed by atoms with van der Waals surface area (Å²) in [6.45, 7) is 3.76. The van der Waals surface area contributed by atoms with Gasteiger partial charge in [0.1, 0.15) is 5.82 Å². The van der Waals surface area contributed by atoms with Crippen LogP contribution in [0, 0.1) is 12.7 Å². The monoisotopic (exact) mass is 483 g/mol. The molecule has 0 unspecified atom stereocenters. The summed E-state index contributed by atoms with van der Waals surface area (Å²) in [6.07, 6.45) is 1.83. The summed E-state index contributed by atoms with van der Waals surface area (Å²) in [5, 5.41) is 2.90. The molecule has 0 saturated heterocycles. The number of halogens is 1. The Morgan fingerprint density at radius 3 is 2.37 bits per heavy atom. The van der Waals surface area contributed by atoms with Crippen molar-refractivity contribution < 1.29 is 9.18 Å². The maximum Gasteiger partial charge on any atom is 0.271 e. The van der Waals surface area contributed by atoms with Crippen LogP contribution >= 0.6 is 11.3 Å². The number of thiazole rings is 1. The number of aryl methyl sites for hydroxylation is 1. The standard InChI is InChI=1S/C28H22FN3O2S/c1-17-8-10-19(11-9-17)16-23-27(34)32-25(20-12-14-21(29)15-13-20)24(18(2)30-28(32)35-23)26(33)31-22-6-4-3-5-7-22/h3-16,25H,1-2H3,(H,31,33)/b23-16+/t25-/m1/s1. The van der Waals surface area contributed by atoms with Crippen molar-refractivity contribution in [3.05, 3.63) is 132 Å². The van der Waals surface area contributed by atoms with Gasteiger partial charge in [0.15, 0.2) is 4.80 Å². The number of para-hydroxylation sites is 1. The minimum absolute atomic E-state index is 0.249. The van der Waals surface area contributed by atoms with E-state index in [4.69, 9.17) is 0 Å². The number of benzene rings is 3. The number of amides is 1. The molecule has 1 aliphatic heterocycles. The molecule has 3 aromatic carbocycles. The molecule has 2 heterocycles. The molecule has 35 heavy (non-hydrogen) atoms. The second kappa shape index (κ2) is 9.27. The summed E-state index contributed by atoms with van der Waals surface area (Å²) >= 11 is 1.27. The van der Waals surface area contributed by atoms with E-state index in [-0.39, 0.29) is 11.5 Å². The fourth-order valence-corrected chi connectivity index (χ4v) is 5.15. The van der Waals surface area contributed by atoms with Crippen LogP contribution in [-0.2, 0) is 4.79 Å². The van der Waals surface area contributed by atoms with Crippen LogP contribution in [0.4, 0.5) is 10.1 Å². The van der Waals surface area contributed by atoms with Gasteiger partial charge in [0.05, 0.1) is 21.8 Å². The van der Waals surface area contributed by atoms with Crippen molar-refractivity contribution in [3.8, 4) is 0 Å². The molecule has 174 valence electrons. The number of aromatic nitrogens is 1. The fraction of sp³-hybridized carbons (Fsp3) is 0.107. The molecule has 0 fully saturated rings. The van der Waals surface area contributed by atoms with Crippen LogP contribution in [0.1, 0.15) is 29.7 Å². The van der Waals surface area contributed by atoms with E-state index in [2.05, 4.69) is 10.3 Å². The van der Waals surface area contributed by atoms with Crippen molar-refractivity contribution in [2.45, 2.75) is 19.9 Å². The Kier molecular flexibility index (Phi) is 6.01. The average Bonchev–Trinajstić information content (AvgIpc) is 3.15. The number of fused-ring (bicyclic) bond motifs is 1. The van der Waals surface area contributed by atoms with Crippen molar-refractivity contribution in [2.75, 3.05) is 5.32 Å². The Bertz CT molecular complexity index is 1620. The smallest absolute Gasteiger partial charge is 0.271 e. The van der Waals surface area contributed by atoms with Crippen LogP contribution in [0.3, 0.4) is 0 Å². The van der Waals surface area contributed by atoms with E-state index in [1.165, 1.54) is 28.0 Å². The van der Waals surface area contributed by atoms with Crippen LogP contribution in [0.25, 0.3) is 6.08 Å². The van der Waals surface area contributed by atoms with Gasteiger partial charge in [0, 0.05) is 5.69 Å². The quantitative estimate of drug-likeness (QED) is 0.470. The Balaban J connectivity index is 1.67. The van der Waals surface area contributed by atoms with Crippen LogP contribution in [0.5, 0.6) is 0 Å². The van der Waals surface area contributed by atoms with Gasteiger partial charge in [-0.25, -0.2) is 9.38 Å². The zero-order valence-electron chi connectivity index (χ0n) is 19.2. The van der Waals surface area contributed by atoms with Gasteiger partial charge in [-0.2, -0.15) is 0 Å². The Morgan fingerprint density at radius 2 is 1.69 bits per heavy atom. The Morgan fingerprint density at radius 1 is 1.00 bits per heavy atom. The summed E-state index contributed by atoms with van der Waals surface area (Å²) < 4.78 is 15.8. The maximum atomic E-state index is 13.7. The number of nitrogens with zero attached hydrogens (tertiary/aromatic N) is 2. The lowest BCUT2D eigenvalue weighted by Gasteiger charge is -2.25. The molecular weight excluding hydrogens is 461 g/mol. The lowest BCUT2D eigenvalue weighted by Crippen LogP contribution is -2.40. The molecule has 0 aliphatic carbocycles. The molecule has 0 saturated carbocycles. The van der Waals surface area contributed by atoms with E-state index in [1.54, 1.807) is 31.2 Å². The topological polar surface area (TPSA) is 63.5 Å². The predicted molar refractivity (Wildman–Crippen MR) is 136 cm³/mol. The van der Waals surface area contributed by atoms with E-state index < -0.39 is 11.9 Å². The molecule has 0 radical (unpaired) electrons. The highest BCUT2D eigenvalue weighted by molar-refractivity contribution is 7.07. The van der Waals surface area contributed by atoms with Gasteiger partial charge < -0.3 is 5.32 Å². The zero-order valence-corrected chi connectivity index (χ0v) is 20.0. The van der Waals surface area contributed by atoms with Crippen molar-refractivity contribution >= 4 is 29.0 Å². The molecule has 5 rings (SSSR count). The number of allylic oxidation sites excluding steroid dienone is 1. The van der Waals surface area contributed by atoms with Gasteiger partial charge in [0.2, 0.25) is 0 Å². The number of hydrogen-bond acceptors (Lipinski definition) is 4. The number of hydrogen-bond donors (Lipinski definition) is 1. The largest absolute Gasteiger partial charge is 0.322 e. The number of anilines is 1. The first-order valence-electron chi connectivity index (χ1n) is 11.1. The first-order chi connectivity index (χ1) is 16.9. The van der Waals surface area contributed by atoms with Gasteiger partial charge in [0.25, 0.3) is 11.5 Å². The first-order valence-corrected chi connectivity index (χ1v) is 11.9. The number of nitrogens with one attached hydrogen (secondary N) is 1. The minimum Gasteiger partial charge on any atom is -0.322 e. The average molecular weight is 484 g/mol. The third-order valence-electron chi connectivity index (χ3n) is 5.86. The number of rotatable bonds is 4. The molecule has 4 aromatic rings. The molecule has 0 spiro atoms. The third kappa shape index (κ3) is 4.50. The van der Waals surface area contributed by atoms with E-state index in [0.717, 1.165) is 11.1 Å². The lowest BCUT2D eigenvalue weighted by molar-refractivity contribution is -0.113. The predicted octanol–water partition coefficient (Wildman–Crippen LogP) is 4.32. The Hall–Kier alpha value is -4.10.